The highest BCUT2D eigenvalue weighted by molar-refractivity contribution is 5.87. The summed E-state index contributed by atoms with van der Waals surface area (Å²) in [7, 11) is 0. The summed E-state index contributed by atoms with van der Waals surface area (Å²) in [6.45, 7) is 7.28. The second-order valence-electron chi connectivity index (χ2n) is 8.07. The van der Waals surface area contributed by atoms with Gasteiger partial charge in [0.05, 0.1) is 0 Å². The predicted octanol–water partition coefficient (Wildman–Crippen LogP) is 3.72. The average molecular weight is 425 g/mol. The van der Waals surface area contributed by atoms with Crippen molar-refractivity contribution in [3.05, 3.63) is 59.7 Å². The van der Waals surface area contributed by atoms with Crippen LogP contribution in [0.25, 0.3) is 0 Å². The van der Waals surface area contributed by atoms with Gasteiger partial charge in [0.25, 0.3) is 0 Å². The molecule has 1 N–H and O–H groups in total. The van der Waals surface area contributed by atoms with Crippen LogP contribution in [0, 0.1) is 0 Å². The first kappa shape index (κ1) is 22.7. The van der Waals surface area contributed by atoms with Gasteiger partial charge in [-0.2, -0.15) is 0 Å². The Kier molecular flexibility index (Phi) is 7.93. The largest absolute Gasteiger partial charge is 0.486 e. The van der Waals surface area contributed by atoms with Gasteiger partial charge in [0.1, 0.15) is 19.3 Å². The maximum absolute atomic E-state index is 13.3. The molecule has 0 spiro atoms. The Morgan fingerprint density at radius 3 is 2.39 bits per heavy atom. The van der Waals surface area contributed by atoms with E-state index in [1.165, 1.54) is 0 Å². The number of hydrogen-bond donors (Lipinski definition) is 1. The molecule has 0 saturated heterocycles. The molecule has 0 radical (unpaired) electrons. The Morgan fingerprint density at radius 1 is 1.00 bits per heavy atom. The number of rotatable bonds is 9. The molecule has 0 aliphatic carbocycles. The van der Waals surface area contributed by atoms with Crippen LogP contribution in [0.1, 0.15) is 44.7 Å². The van der Waals surface area contributed by atoms with Crippen LogP contribution in [0.3, 0.4) is 0 Å². The van der Waals surface area contributed by atoms with Gasteiger partial charge >= 0.3 is 0 Å². The van der Waals surface area contributed by atoms with Crippen molar-refractivity contribution in [2.75, 3.05) is 13.2 Å². The molecule has 6 heteroatoms. The molecule has 1 heterocycles. The van der Waals surface area contributed by atoms with Crippen LogP contribution in [-0.2, 0) is 22.6 Å². The van der Waals surface area contributed by atoms with E-state index >= 15 is 0 Å². The van der Waals surface area contributed by atoms with Crippen molar-refractivity contribution in [3.63, 3.8) is 0 Å². The molecule has 1 unspecified atom stereocenters. The lowest BCUT2D eigenvalue weighted by molar-refractivity contribution is -0.141. The number of amides is 2. The first-order chi connectivity index (χ1) is 15.0. The lowest BCUT2D eigenvalue weighted by Gasteiger charge is -2.31. The van der Waals surface area contributed by atoms with Gasteiger partial charge in [0.2, 0.25) is 11.8 Å². The molecule has 166 valence electrons. The fourth-order valence-electron chi connectivity index (χ4n) is 3.72. The molecular formula is C25H32N2O4. The van der Waals surface area contributed by atoms with Crippen LogP contribution in [0.4, 0.5) is 0 Å². The normalized spacial score (nSPS) is 13.5. The summed E-state index contributed by atoms with van der Waals surface area (Å²) in [4.78, 5) is 27.8. The molecule has 6 nitrogen and oxygen atoms in total. The van der Waals surface area contributed by atoms with E-state index < -0.39 is 6.04 Å². The Bertz CT molecular complexity index is 882. The lowest BCUT2D eigenvalue weighted by atomic mass is 10.1. The second kappa shape index (κ2) is 10.8. The molecule has 1 aliphatic rings. The molecule has 31 heavy (non-hydrogen) atoms. The summed E-state index contributed by atoms with van der Waals surface area (Å²) >= 11 is 0. The number of nitrogens with zero attached hydrogens (tertiary/aromatic N) is 1. The highest BCUT2D eigenvalue weighted by Crippen LogP contribution is 2.31. The zero-order valence-electron chi connectivity index (χ0n) is 18.6. The highest BCUT2D eigenvalue weighted by Gasteiger charge is 2.28. The molecule has 0 aromatic heterocycles. The standard InChI is InChI=1S/C25H32N2O4/c1-4-21(25(29)26-18(2)3)27(17-20-8-6-5-7-9-20)24(28)13-11-19-10-12-22-23(16-19)31-15-14-30-22/h5-10,12,16,18,21H,4,11,13-15,17H2,1-3H3,(H,26,29). The van der Waals surface area contributed by atoms with E-state index in [0.29, 0.717) is 39.0 Å². The van der Waals surface area contributed by atoms with Gasteiger partial charge in [-0.05, 0) is 49.9 Å². The maximum Gasteiger partial charge on any atom is 0.243 e. The minimum Gasteiger partial charge on any atom is -0.486 e. The van der Waals surface area contributed by atoms with Crippen LogP contribution in [0.15, 0.2) is 48.5 Å². The number of carbonyl (C=O) groups excluding carboxylic acids is 2. The average Bonchev–Trinajstić information content (AvgIpc) is 2.77. The lowest BCUT2D eigenvalue weighted by Crippen LogP contribution is -2.50. The third-order valence-electron chi connectivity index (χ3n) is 5.25. The van der Waals surface area contributed by atoms with E-state index in [1.54, 1.807) is 4.90 Å². The van der Waals surface area contributed by atoms with Crippen molar-refractivity contribution in [1.82, 2.24) is 10.2 Å². The highest BCUT2D eigenvalue weighted by atomic mass is 16.6. The predicted molar refractivity (Wildman–Crippen MR) is 120 cm³/mol. The Morgan fingerprint density at radius 2 is 1.71 bits per heavy atom. The zero-order chi connectivity index (χ0) is 22.2. The summed E-state index contributed by atoms with van der Waals surface area (Å²) in [5.41, 5.74) is 2.02. The number of ether oxygens (including phenoxy) is 2. The SMILES string of the molecule is CCC(C(=O)NC(C)C)N(Cc1ccccc1)C(=O)CCc1ccc2c(c1)OCCO2. The summed E-state index contributed by atoms with van der Waals surface area (Å²) in [5, 5.41) is 2.96. The van der Waals surface area contributed by atoms with E-state index in [0.717, 1.165) is 22.6 Å². The number of fused-ring (bicyclic) bond motifs is 1. The minimum atomic E-state index is -0.504. The van der Waals surface area contributed by atoms with Crippen molar-refractivity contribution in [2.45, 2.75) is 58.7 Å². The Balaban J connectivity index is 1.74. The zero-order valence-corrected chi connectivity index (χ0v) is 18.6. The quantitative estimate of drug-likeness (QED) is 0.666. The molecular weight excluding hydrogens is 392 g/mol. The summed E-state index contributed by atoms with van der Waals surface area (Å²) < 4.78 is 11.2. The van der Waals surface area contributed by atoms with Crippen LogP contribution < -0.4 is 14.8 Å². The topological polar surface area (TPSA) is 67.9 Å². The van der Waals surface area contributed by atoms with Crippen molar-refractivity contribution in [2.24, 2.45) is 0 Å². The molecule has 0 saturated carbocycles. The molecule has 1 atom stereocenters. The van der Waals surface area contributed by atoms with Gasteiger partial charge in [-0.25, -0.2) is 0 Å². The van der Waals surface area contributed by atoms with Gasteiger partial charge in [-0.15, -0.1) is 0 Å². The first-order valence-electron chi connectivity index (χ1n) is 11.0. The third kappa shape index (κ3) is 6.23. The molecule has 0 fully saturated rings. The first-order valence-corrected chi connectivity index (χ1v) is 11.0. The van der Waals surface area contributed by atoms with Crippen molar-refractivity contribution in [1.29, 1.82) is 0 Å². The van der Waals surface area contributed by atoms with E-state index in [4.69, 9.17) is 9.47 Å². The van der Waals surface area contributed by atoms with Gasteiger partial charge in [-0.1, -0.05) is 43.3 Å². The fraction of sp³-hybridized carbons (Fsp3) is 0.440. The summed E-state index contributed by atoms with van der Waals surface area (Å²) in [5.74, 6) is 1.31. The van der Waals surface area contributed by atoms with Crippen molar-refractivity contribution < 1.29 is 19.1 Å². The Labute approximate surface area is 184 Å². The van der Waals surface area contributed by atoms with E-state index in [2.05, 4.69) is 5.32 Å². The van der Waals surface area contributed by atoms with E-state index in [9.17, 15) is 9.59 Å². The van der Waals surface area contributed by atoms with Crippen molar-refractivity contribution >= 4 is 11.8 Å². The van der Waals surface area contributed by atoms with E-state index in [-0.39, 0.29) is 17.9 Å². The third-order valence-corrected chi connectivity index (χ3v) is 5.25. The molecule has 3 rings (SSSR count). The van der Waals surface area contributed by atoms with Gasteiger partial charge < -0.3 is 19.7 Å². The molecule has 1 aliphatic heterocycles. The molecule has 2 aromatic carbocycles. The van der Waals surface area contributed by atoms with Crippen LogP contribution in [0.5, 0.6) is 11.5 Å². The number of benzene rings is 2. The molecule has 2 aromatic rings. The molecule has 0 bridgehead atoms. The summed E-state index contributed by atoms with van der Waals surface area (Å²) in [6.07, 6.45) is 1.45. The maximum atomic E-state index is 13.3. The second-order valence-corrected chi connectivity index (χ2v) is 8.07. The van der Waals surface area contributed by atoms with Crippen LogP contribution in [-0.4, -0.2) is 42.0 Å². The number of hydrogen-bond acceptors (Lipinski definition) is 4. The minimum absolute atomic E-state index is 0.0212. The van der Waals surface area contributed by atoms with E-state index in [1.807, 2.05) is 69.3 Å². The van der Waals surface area contributed by atoms with Gasteiger partial charge in [0, 0.05) is 19.0 Å². The number of carbonyl (C=O) groups is 2. The van der Waals surface area contributed by atoms with Crippen molar-refractivity contribution in [3.8, 4) is 11.5 Å². The van der Waals surface area contributed by atoms with Gasteiger partial charge in [0.15, 0.2) is 11.5 Å². The molecule has 2 amide bonds. The smallest absolute Gasteiger partial charge is 0.243 e. The summed E-state index contributed by atoms with van der Waals surface area (Å²) in [6, 6.07) is 15.1. The fourth-order valence-corrected chi connectivity index (χ4v) is 3.72. The monoisotopic (exact) mass is 424 g/mol. The Hall–Kier alpha value is -3.02. The van der Waals surface area contributed by atoms with Gasteiger partial charge in [-0.3, -0.25) is 9.59 Å². The van der Waals surface area contributed by atoms with Crippen LogP contribution in [0.2, 0.25) is 0 Å². The van der Waals surface area contributed by atoms with Crippen LogP contribution >= 0.6 is 0 Å². The number of nitrogens with one attached hydrogen (secondary N) is 1. The number of aryl methyl sites for hydroxylation is 1.